The Bertz CT molecular complexity index is 698. The van der Waals surface area contributed by atoms with Crippen molar-refractivity contribution >= 4 is 23.5 Å². The number of anilines is 1. The van der Waals surface area contributed by atoms with Crippen LogP contribution in [0.3, 0.4) is 0 Å². The first-order valence-electron chi connectivity index (χ1n) is 8.35. The van der Waals surface area contributed by atoms with Crippen LogP contribution in [0.25, 0.3) is 0 Å². The van der Waals surface area contributed by atoms with Gasteiger partial charge < -0.3 is 5.32 Å². The van der Waals surface area contributed by atoms with E-state index in [0.717, 1.165) is 12.8 Å². The van der Waals surface area contributed by atoms with E-state index >= 15 is 0 Å². The molecule has 6 nitrogen and oxygen atoms in total. The number of amides is 3. The molecule has 2 heterocycles. The molecule has 1 aromatic heterocycles. The van der Waals surface area contributed by atoms with Gasteiger partial charge in [-0.3, -0.25) is 19.3 Å². The fourth-order valence-electron chi connectivity index (χ4n) is 4.26. The lowest BCUT2D eigenvalue weighted by Crippen LogP contribution is -2.46. The Hall–Kier alpha value is -2.50. The van der Waals surface area contributed by atoms with E-state index in [1.807, 2.05) is 0 Å². The molecule has 1 saturated carbocycles. The number of imide groups is 1. The maximum atomic E-state index is 12.8. The van der Waals surface area contributed by atoms with Gasteiger partial charge in [-0.15, -0.1) is 0 Å². The van der Waals surface area contributed by atoms with Crippen molar-refractivity contribution in [1.29, 1.82) is 0 Å². The molecule has 5 rings (SSSR count). The second kappa shape index (κ2) is 5.54. The molecule has 1 N–H and O–H groups in total. The molecular weight excluding hydrogens is 306 g/mol. The van der Waals surface area contributed by atoms with Crippen LogP contribution in [0.5, 0.6) is 0 Å². The number of likely N-dealkylation sites (tertiary alicyclic amines) is 1. The van der Waals surface area contributed by atoms with Crippen molar-refractivity contribution < 1.29 is 14.4 Å². The molecule has 2 bridgehead atoms. The van der Waals surface area contributed by atoms with Crippen LogP contribution in [0.15, 0.2) is 36.5 Å². The van der Waals surface area contributed by atoms with Gasteiger partial charge in [-0.1, -0.05) is 18.2 Å². The van der Waals surface area contributed by atoms with Crippen LogP contribution >= 0.6 is 0 Å². The van der Waals surface area contributed by atoms with Gasteiger partial charge in [-0.25, -0.2) is 4.98 Å². The van der Waals surface area contributed by atoms with Crippen LogP contribution in [-0.4, -0.2) is 33.6 Å². The third kappa shape index (κ3) is 2.17. The summed E-state index contributed by atoms with van der Waals surface area (Å²) < 4.78 is 0. The minimum absolute atomic E-state index is 0.132. The predicted octanol–water partition coefficient (Wildman–Crippen LogP) is 1.61. The zero-order valence-electron chi connectivity index (χ0n) is 13.4. The number of carbonyl (C=O) groups is 3. The highest BCUT2D eigenvalue weighted by atomic mass is 16.2. The molecular formula is C18H19N3O3. The van der Waals surface area contributed by atoms with E-state index in [9.17, 15) is 14.4 Å². The number of rotatable bonds is 3. The minimum atomic E-state index is -0.836. The Morgan fingerprint density at radius 3 is 2.29 bits per heavy atom. The summed E-state index contributed by atoms with van der Waals surface area (Å²) in [5, 5.41) is 2.67. The highest BCUT2D eigenvalue weighted by Crippen LogP contribution is 2.49. The van der Waals surface area contributed by atoms with Crippen molar-refractivity contribution in [2.24, 2.45) is 23.7 Å². The summed E-state index contributed by atoms with van der Waals surface area (Å²) in [6.07, 6.45) is 7.61. The first-order chi connectivity index (χ1) is 11.6. The number of hydrogen-bond acceptors (Lipinski definition) is 4. The van der Waals surface area contributed by atoms with Crippen LogP contribution in [0.2, 0.25) is 0 Å². The molecule has 0 aromatic carbocycles. The largest absolute Gasteiger partial charge is 0.309 e. The fraction of sp³-hybridized carbons (Fsp3) is 0.444. The topological polar surface area (TPSA) is 79.4 Å². The normalized spacial score (nSPS) is 32.0. The van der Waals surface area contributed by atoms with Crippen molar-refractivity contribution in [2.45, 2.75) is 25.8 Å². The first-order valence-corrected chi connectivity index (χ1v) is 8.35. The standard InChI is InChI=1S/C18H19N3O3/c1-10(16(22)20-13-4-2-3-9-19-13)21-17(23)14-11-5-6-12(8-7-11)15(14)18(21)24/h2-6,9-12,14-15H,7-8H2,1H3,(H,19,20,22)/t10-,11+,12+,14-,15-/m1/s1. The van der Waals surface area contributed by atoms with Crippen molar-refractivity contribution in [1.82, 2.24) is 9.88 Å². The Balaban J connectivity index is 1.55. The summed E-state index contributed by atoms with van der Waals surface area (Å²) in [7, 11) is 0. The minimum Gasteiger partial charge on any atom is -0.309 e. The number of carbonyl (C=O) groups excluding carboxylic acids is 3. The molecule has 3 amide bonds. The van der Waals surface area contributed by atoms with Gasteiger partial charge >= 0.3 is 0 Å². The number of fused-ring (bicyclic) bond motifs is 1. The second-order valence-corrected chi connectivity index (χ2v) is 6.77. The van der Waals surface area contributed by atoms with E-state index in [1.165, 1.54) is 4.90 Å². The lowest BCUT2D eigenvalue weighted by molar-refractivity contribution is -0.146. The molecule has 6 heteroatoms. The van der Waals surface area contributed by atoms with E-state index < -0.39 is 11.9 Å². The molecule has 0 radical (unpaired) electrons. The second-order valence-electron chi connectivity index (χ2n) is 6.77. The van der Waals surface area contributed by atoms with Crippen LogP contribution in [0.4, 0.5) is 5.82 Å². The molecule has 3 aliphatic carbocycles. The van der Waals surface area contributed by atoms with E-state index in [2.05, 4.69) is 22.5 Å². The highest BCUT2D eigenvalue weighted by molar-refractivity contribution is 6.10. The molecule has 1 saturated heterocycles. The zero-order chi connectivity index (χ0) is 16.8. The van der Waals surface area contributed by atoms with E-state index in [-0.39, 0.29) is 35.5 Å². The molecule has 124 valence electrons. The van der Waals surface area contributed by atoms with Crippen molar-refractivity contribution in [3.8, 4) is 0 Å². The third-order valence-corrected chi connectivity index (χ3v) is 5.48. The molecule has 5 atom stereocenters. The molecule has 24 heavy (non-hydrogen) atoms. The number of allylic oxidation sites excluding steroid dienone is 2. The smallest absolute Gasteiger partial charge is 0.248 e. The summed E-state index contributed by atoms with van der Waals surface area (Å²) >= 11 is 0. The van der Waals surface area contributed by atoms with Crippen molar-refractivity contribution in [2.75, 3.05) is 5.32 Å². The SMILES string of the molecule is C[C@H](C(=O)Nc1ccccn1)N1C(=O)[C@H]2[C@H](C1=O)[C@H]1C=C[C@H]2CC1. The Labute approximate surface area is 139 Å². The van der Waals surface area contributed by atoms with Gasteiger partial charge in [0.15, 0.2) is 0 Å². The van der Waals surface area contributed by atoms with E-state index in [1.54, 1.807) is 31.3 Å². The maximum Gasteiger partial charge on any atom is 0.248 e. The highest BCUT2D eigenvalue weighted by Gasteiger charge is 2.58. The van der Waals surface area contributed by atoms with Gasteiger partial charge in [0.1, 0.15) is 11.9 Å². The number of nitrogens with zero attached hydrogens (tertiary/aromatic N) is 2. The molecule has 2 fully saturated rings. The van der Waals surface area contributed by atoms with Gasteiger partial charge in [0.2, 0.25) is 17.7 Å². The predicted molar refractivity (Wildman–Crippen MR) is 86.5 cm³/mol. The Kier molecular flexibility index (Phi) is 3.48. The quantitative estimate of drug-likeness (QED) is 0.676. The summed E-state index contributed by atoms with van der Waals surface area (Å²) in [5.41, 5.74) is 0. The number of nitrogens with one attached hydrogen (secondary N) is 1. The number of pyridine rings is 1. The van der Waals surface area contributed by atoms with Gasteiger partial charge in [0.05, 0.1) is 11.8 Å². The van der Waals surface area contributed by atoms with Crippen LogP contribution in [-0.2, 0) is 14.4 Å². The number of aromatic nitrogens is 1. The Morgan fingerprint density at radius 2 is 1.79 bits per heavy atom. The Morgan fingerprint density at radius 1 is 1.17 bits per heavy atom. The van der Waals surface area contributed by atoms with Gasteiger partial charge in [-0.05, 0) is 43.7 Å². The average Bonchev–Trinajstić information content (AvgIpc) is 2.89. The lowest BCUT2D eigenvalue weighted by Gasteiger charge is -2.38. The number of hydrogen-bond donors (Lipinski definition) is 1. The van der Waals surface area contributed by atoms with Crippen LogP contribution < -0.4 is 5.32 Å². The van der Waals surface area contributed by atoms with E-state index in [0.29, 0.717) is 5.82 Å². The summed E-state index contributed by atoms with van der Waals surface area (Å²) in [6.45, 7) is 1.60. The average molecular weight is 325 g/mol. The molecule has 1 aliphatic heterocycles. The zero-order valence-corrected chi connectivity index (χ0v) is 13.4. The van der Waals surface area contributed by atoms with Crippen LogP contribution in [0.1, 0.15) is 19.8 Å². The molecule has 4 aliphatic rings. The van der Waals surface area contributed by atoms with Crippen molar-refractivity contribution in [3.63, 3.8) is 0 Å². The third-order valence-electron chi connectivity index (χ3n) is 5.48. The van der Waals surface area contributed by atoms with Gasteiger partial charge in [0, 0.05) is 6.20 Å². The maximum absolute atomic E-state index is 12.8. The monoisotopic (exact) mass is 325 g/mol. The molecule has 0 spiro atoms. The van der Waals surface area contributed by atoms with Gasteiger partial charge in [-0.2, -0.15) is 0 Å². The van der Waals surface area contributed by atoms with Gasteiger partial charge in [0.25, 0.3) is 0 Å². The first kappa shape index (κ1) is 15.1. The summed E-state index contributed by atoms with van der Waals surface area (Å²) in [5.74, 6) is -0.694. The fourth-order valence-corrected chi connectivity index (χ4v) is 4.26. The van der Waals surface area contributed by atoms with Crippen LogP contribution in [0, 0.1) is 23.7 Å². The van der Waals surface area contributed by atoms with E-state index in [4.69, 9.17) is 0 Å². The lowest BCUT2D eigenvalue weighted by atomic mass is 9.63. The molecule has 0 unspecified atom stereocenters. The summed E-state index contributed by atoms with van der Waals surface area (Å²) in [4.78, 5) is 43.3. The van der Waals surface area contributed by atoms with Crippen molar-refractivity contribution in [3.05, 3.63) is 36.5 Å². The summed E-state index contributed by atoms with van der Waals surface area (Å²) in [6, 6.07) is 4.34. The molecule has 1 aromatic rings.